The number of carbonyl (C=O) groups excluding carboxylic acids is 1. The first-order chi connectivity index (χ1) is 12.8. The normalized spacial score (nSPS) is 16.1. The molecule has 1 N–H and O–H groups in total. The van der Waals surface area contributed by atoms with Gasteiger partial charge in [0.2, 0.25) is 5.91 Å². The number of hydrogen-bond donors (Lipinski definition) is 1. The molecule has 3 aromatic rings. The molecule has 0 spiro atoms. The molecule has 1 aliphatic rings. The van der Waals surface area contributed by atoms with Crippen LogP contribution < -0.4 is 5.32 Å². The van der Waals surface area contributed by atoms with Gasteiger partial charge in [-0.05, 0) is 43.5 Å². The van der Waals surface area contributed by atoms with Gasteiger partial charge in [0.25, 0.3) is 0 Å². The van der Waals surface area contributed by atoms with Gasteiger partial charge in [-0.25, -0.2) is 9.97 Å². The highest BCUT2D eigenvalue weighted by atomic mass is 16.3. The van der Waals surface area contributed by atoms with Crippen molar-refractivity contribution in [1.29, 1.82) is 0 Å². The van der Waals surface area contributed by atoms with E-state index in [0.717, 1.165) is 41.8 Å². The SMILES string of the molecule is O=C(CCc1ccco1)N[C@H]1CCCc2nc(-c3ccncc3)ncc21. The van der Waals surface area contributed by atoms with E-state index in [1.807, 2.05) is 30.5 Å². The van der Waals surface area contributed by atoms with Gasteiger partial charge in [0.05, 0.1) is 12.3 Å². The second-order valence-corrected chi connectivity index (χ2v) is 6.42. The minimum absolute atomic E-state index is 0.0191. The summed E-state index contributed by atoms with van der Waals surface area (Å²) in [6.07, 6.45) is 10.8. The van der Waals surface area contributed by atoms with Crippen LogP contribution in [0.25, 0.3) is 11.4 Å². The van der Waals surface area contributed by atoms with Gasteiger partial charge >= 0.3 is 0 Å². The molecule has 0 saturated carbocycles. The summed E-state index contributed by atoms with van der Waals surface area (Å²) in [7, 11) is 0. The van der Waals surface area contributed by atoms with Crippen molar-refractivity contribution in [2.45, 2.75) is 38.1 Å². The number of aromatic nitrogens is 3. The number of furan rings is 1. The maximum absolute atomic E-state index is 12.3. The van der Waals surface area contributed by atoms with Crippen LogP contribution in [0.1, 0.15) is 42.3 Å². The quantitative estimate of drug-likeness (QED) is 0.765. The molecule has 1 amide bonds. The lowest BCUT2D eigenvalue weighted by Gasteiger charge is -2.25. The summed E-state index contributed by atoms with van der Waals surface area (Å²) in [6, 6.07) is 7.51. The average Bonchev–Trinajstić information content (AvgIpc) is 3.21. The van der Waals surface area contributed by atoms with E-state index in [0.29, 0.717) is 18.7 Å². The highest BCUT2D eigenvalue weighted by Gasteiger charge is 2.24. The van der Waals surface area contributed by atoms with Crippen LogP contribution in [0.4, 0.5) is 0 Å². The summed E-state index contributed by atoms with van der Waals surface area (Å²) >= 11 is 0. The van der Waals surface area contributed by atoms with Crippen molar-refractivity contribution < 1.29 is 9.21 Å². The molecule has 0 radical (unpaired) electrons. The number of amides is 1. The molecule has 0 aliphatic heterocycles. The standard InChI is InChI=1S/C20H20N4O2/c25-19(7-6-15-3-2-12-26-15)23-17-4-1-5-18-16(17)13-22-20(24-18)14-8-10-21-11-9-14/h2-3,8-13,17H,1,4-7H2,(H,23,25)/t17-/m0/s1. The van der Waals surface area contributed by atoms with Gasteiger partial charge in [0.1, 0.15) is 5.76 Å². The molecule has 26 heavy (non-hydrogen) atoms. The van der Waals surface area contributed by atoms with Crippen LogP contribution in [-0.2, 0) is 17.6 Å². The fraction of sp³-hybridized carbons (Fsp3) is 0.300. The summed E-state index contributed by atoms with van der Waals surface area (Å²) < 4.78 is 5.28. The highest BCUT2D eigenvalue weighted by molar-refractivity contribution is 5.76. The van der Waals surface area contributed by atoms with Gasteiger partial charge in [-0.15, -0.1) is 0 Å². The third-order valence-corrected chi connectivity index (χ3v) is 4.63. The summed E-state index contributed by atoms with van der Waals surface area (Å²) in [5, 5.41) is 3.13. The Bertz CT molecular complexity index is 878. The molecule has 4 rings (SSSR count). The van der Waals surface area contributed by atoms with E-state index >= 15 is 0 Å². The average molecular weight is 348 g/mol. The lowest BCUT2D eigenvalue weighted by molar-refractivity contribution is -0.122. The lowest BCUT2D eigenvalue weighted by Crippen LogP contribution is -2.31. The van der Waals surface area contributed by atoms with E-state index in [-0.39, 0.29) is 11.9 Å². The predicted octanol–water partition coefficient (Wildman–Crippen LogP) is 3.26. The molecular weight excluding hydrogens is 328 g/mol. The largest absolute Gasteiger partial charge is 0.469 e. The molecule has 0 aromatic carbocycles. The molecule has 132 valence electrons. The number of fused-ring (bicyclic) bond motifs is 1. The van der Waals surface area contributed by atoms with Gasteiger partial charge < -0.3 is 9.73 Å². The summed E-state index contributed by atoms with van der Waals surface area (Å²) in [4.78, 5) is 25.6. The van der Waals surface area contributed by atoms with E-state index in [1.54, 1.807) is 18.7 Å². The van der Waals surface area contributed by atoms with Gasteiger partial charge in [0.15, 0.2) is 5.82 Å². The van der Waals surface area contributed by atoms with Crippen molar-refractivity contribution in [3.8, 4) is 11.4 Å². The molecule has 0 bridgehead atoms. The van der Waals surface area contributed by atoms with E-state index in [2.05, 4.69) is 15.3 Å². The Morgan fingerprint density at radius 1 is 1.27 bits per heavy atom. The van der Waals surface area contributed by atoms with Crippen LogP contribution in [-0.4, -0.2) is 20.9 Å². The molecule has 3 heterocycles. The second kappa shape index (κ2) is 7.47. The van der Waals surface area contributed by atoms with Crippen LogP contribution in [0.3, 0.4) is 0 Å². The van der Waals surface area contributed by atoms with E-state index in [4.69, 9.17) is 9.40 Å². The van der Waals surface area contributed by atoms with Crippen molar-refractivity contribution in [3.63, 3.8) is 0 Å². The first kappa shape index (κ1) is 16.4. The molecule has 1 atom stereocenters. The fourth-order valence-electron chi connectivity index (χ4n) is 3.29. The zero-order valence-electron chi connectivity index (χ0n) is 14.4. The van der Waals surface area contributed by atoms with Crippen molar-refractivity contribution in [3.05, 3.63) is 66.1 Å². The van der Waals surface area contributed by atoms with Crippen LogP contribution in [0.2, 0.25) is 0 Å². The second-order valence-electron chi connectivity index (χ2n) is 6.42. The van der Waals surface area contributed by atoms with Crippen LogP contribution >= 0.6 is 0 Å². The summed E-state index contributed by atoms with van der Waals surface area (Å²) in [5.74, 6) is 1.56. The van der Waals surface area contributed by atoms with Gasteiger partial charge in [-0.1, -0.05) is 0 Å². The van der Waals surface area contributed by atoms with E-state index in [9.17, 15) is 4.79 Å². The maximum atomic E-state index is 12.3. The Kier molecular flexibility index (Phi) is 4.73. The number of carbonyl (C=O) groups is 1. The first-order valence-corrected chi connectivity index (χ1v) is 8.87. The topological polar surface area (TPSA) is 80.9 Å². The molecule has 6 nitrogen and oxygen atoms in total. The minimum atomic E-state index is -0.0191. The van der Waals surface area contributed by atoms with Crippen molar-refractivity contribution in [2.75, 3.05) is 0 Å². The van der Waals surface area contributed by atoms with Crippen molar-refractivity contribution >= 4 is 5.91 Å². The smallest absolute Gasteiger partial charge is 0.220 e. The van der Waals surface area contributed by atoms with E-state index < -0.39 is 0 Å². The Balaban J connectivity index is 1.46. The number of nitrogens with one attached hydrogen (secondary N) is 1. The monoisotopic (exact) mass is 348 g/mol. The molecule has 0 unspecified atom stereocenters. The Morgan fingerprint density at radius 3 is 2.96 bits per heavy atom. The number of hydrogen-bond acceptors (Lipinski definition) is 5. The molecule has 6 heteroatoms. The maximum Gasteiger partial charge on any atom is 0.220 e. The highest BCUT2D eigenvalue weighted by Crippen LogP contribution is 2.29. The van der Waals surface area contributed by atoms with Crippen LogP contribution in [0, 0.1) is 0 Å². The Hall–Kier alpha value is -3.02. The molecular formula is C20H20N4O2. The predicted molar refractivity (Wildman–Crippen MR) is 96.1 cm³/mol. The molecule has 0 fully saturated rings. The number of nitrogens with zero attached hydrogens (tertiary/aromatic N) is 3. The minimum Gasteiger partial charge on any atom is -0.469 e. The van der Waals surface area contributed by atoms with Gasteiger partial charge in [-0.3, -0.25) is 9.78 Å². The Labute approximate surface area is 151 Å². The number of rotatable bonds is 5. The molecule has 3 aromatic heterocycles. The molecule has 1 aliphatic carbocycles. The first-order valence-electron chi connectivity index (χ1n) is 8.87. The third kappa shape index (κ3) is 3.64. The van der Waals surface area contributed by atoms with Crippen LogP contribution in [0.15, 0.2) is 53.5 Å². The zero-order valence-corrected chi connectivity index (χ0v) is 14.4. The number of aryl methyl sites for hydroxylation is 2. The van der Waals surface area contributed by atoms with Crippen molar-refractivity contribution in [2.24, 2.45) is 0 Å². The Morgan fingerprint density at radius 2 is 2.15 bits per heavy atom. The summed E-state index contributed by atoms with van der Waals surface area (Å²) in [6.45, 7) is 0. The van der Waals surface area contributed by atoms with Gasteiger partial charge in [-0.2, -0.15) is 0 Å². The van der Waals surface area contributed by atoms with E-state index in [1.165, 1.54) is 0 Å². The lowest BCUT2D eigenvalue weighted by atomic mass is 9.92. The number of pyridine rings is 1. The fourth-order valence-corrected chi connectivity index (χ4v) is 3.29. The zero-order chi connectivity index (χ0) is 17.8. The molecule has 0 saturated heterocycles. The summed E-state index contributed by atoms with van der Waals surface area (Å²) in [5.41, 5.74) is 3.00. The van der Waals surface area contributed by atoms with Crippen molar-refractivity contribution in [1.82, 2.24) is 20.3 Å². The van der Waals surface area contributed by atoms with Crippen LogP contribution in [0.5, 0.6) is 0 Å². The van der Waals surface area contributed by atoms with Gasteiger partial charge in [0, 0.05) is 48.3 Å². The third-order valence-electron chi connectivity index (χ3n) is 4.63.